The minimum Gasteiger partial charge on any atom is -0.456 e. The van der Waals surface area contributed by atoms with Crippen LogP contribution in [0.2, 0.25) is 0 Å². The fourth-order valence-corrected chi connectivity index (χ4v) is 7.77. The Kier molecular flexibility index (Phi) is 22.9. The number of amides is 1. The number of carbonyl (C=O) groups excluding carboxylic acids is 2. The number of aliphatic hydroxyl groups is 2. The lowest BCUT2D eigenvalue weighted by molar-refractivity contribution is -0.218. The topological polar surface area (TPSA) is 126 Å². The van der Waals surface area contributed by atoms with E-state index in [1.165, 1.54) is 76.0 Å². The van der Waals surface area contributed by atoms with Crippen LogP contribution in [-0.4, -0.2) is 95.9 Å². The number of ether oxygens (including phenoxy) is 3. The molecule has 0 aromatic heterocycles. The molecule has 276 valence electrons. The van der Waals surface area contributed by atoms with Crippen LogP contribution in [0, 0.1) is 5.92 Å². The normalized spacial score (nSPS) is 27.9. The van der Waals surface area contributed by atoms with Crippen LogP contribution in [0.4, 0.5) is 0 Å². The van der Waals surface area contributed by atoms with E-state index in [9.17, 15) is 19.8 Å². The fourth-order valence-electron chi connectivity index (χ4n) is 6.83. The minimum absolute atomic E-state index is 0.197. The zero-order valence-corrected chi connectivity index (χ0v) is 31.3. The van der Waals surface area contributed by atoms with Gasteiger partial charge in [0.1, 0.15) is 23.7 Å². The number of thioether (sulfide) groups is 1. The van der Waals surface area contributed by atoms with Crippen molar-refractivity contribution in [2.24, 2.45) is 5.92 Å². The average Bonchev–Trinajstić information content (AvgIpc) is 3.30. The maximum Gasteiger partial charge on any atom is 0.306 e. The molecular weight excluding hydrogens is 640 g/mol. The van der Waals surface area contributed by atoms with E-state index in [-0.39, 0.29) is 18.4 Å². The van der Waals surface area contributed by atoms with Crippen LogP contribution in [0.3, 0.4) is 0 Å². The Morgan fingerprint density at radius 2 is 1.55 bits per heavy atom. The van der Waals surface area contributed by atoms with Crippen molar-refractivity contribution in [3.8, 4) is 0 Å². The zero-order chi connectivity index (χ0) is 34.4. The highest BCUT2D eigenvalue weighted by molar-refractivity contribution is 7.99. The van der Waals surface area contributed by atoms with Gasteiger partial charge in [0.15, 0.2) is 6.10 Å². The molecule has 11 heteroatoms. The average molecular weight is 707 g/mol. The smallest absolute Gasteiger partial charge is 0.306 e. The van der Waals surface area contributed by atoms with E-state index in [0.717, 1.165) is 58.1 Å². The number of halogens is 1. The molecule has 2 aliphatic heterocycles. The Hall–Kier alpha value is -0.620. The van der Waals surface area contributed by atoms with Gasteiger partial charge >= 0.3 is 5.97 Å². The van der Waals surface area contributed by atoms with Gasteiger partial charge in [-0.1, -0.05) is 84.0 Å². The Labute approximate surface area is 294 Å². The van der Waals surface area contributed by atoms with E-state index in [1.807, 2.05) is 0 Å². The monoisotopic (exact) mass is 706 g/mol. The molecule has 9 nitrogen and oxygen atoms in total. The minimum atomic E-state index is -1.40. The number of alkyl halides is 1. The van der Waals surface area contributed by atoms with Gasteiger partial charge in [0, 0.05) is 20.1 Å². The quantitative estimate of drug-likeness (QED) is 0.0507. The van der Waals surface area contributed by atoms with Crippen LogP contribution in [0.1, 0.15) is 136 Å². The molecule has 2 saturated heterocycles. The Balaban J connectivity index is 1.76. The molecule has 1 unspecified atom stereocenters. The molecule has 2 rings (SSSR count). The highest BCUT2D eigenvalue weighted by atomic mass is 35.5. The molecule has 9 atom stereocenters. The van der Waals surface area contributed by atoms with Crippen LogP contribution in [0.5, 0.6) is 0 Å². The highest BCUT2D eigenvalue weighted by Gasteiger charge is 2.50. The van der Waals surface area contributed by atoms with Gasteiger partial charge in [-0.2, -0.15) is 0 Å². The first-order valence-electron chi connectivity index (χ1n) is 18.6. The van der Waals surface area contributed by atoms with Crippen LogP contribution >= 0.6 is 23.4 Å². The van der Waals surface area contributed by atoms with Gasteiger partial charge in [-0.05, 0) is 64.2 Å². The second-order valence-corrected chi connectivity index (χ2v) is 15.3. The standard InChI is InChI=1S/C36H67ClN2O7S/c1-5-6-7-8-9-10-11-12-13-14-15-16-17-20-29(40)45-34-32(42)31(41)33(46-36(34)47-4)30(26(2)37)39-35(43)28-22-21-27(23-24-38-28)19-18-25-44-3/h26-28,30-34,36,38,41-42H,5-25H2,1-4H3,(H,39,43)/t26-,27-,28-,30+,31+,32-,33?,34+,36+/m0/s1. The number of carbonyl (C=O) groups is 2. The van der Waals surface area contributed by atoms with Crippen LogP contribution < -0.4 is 10.6 Å². The van der Waals surface area contributed by atoms with E-state index < -0.39 is 47.2 Å². The summed E-state index contributed by atoms with van der Waals surface area (Å²) in [5.41, 5.74) is -0.715. The van der Waals surface area contributed by atoms with Gasteiger partial charge in [0.2, 0.25) is 5.91 Å². The molecule has 0 radical (unpaired) electrons. The van der Waals surface area contributed by atoms with Crippen LogP contribution in [0.15, 0.2) is 0 Å². The van der Waals surface area contributed by atoms with Crippen LogP contribution in [0.25, 0.3) is 0 Å². The number of hydrogen-bond donors (Lipinski definition) is 4. The maximum absolute atomic E-state index is 13.4. The van der Waals surface area contributed by atoms with Gasteiger partial charge in [0.05, 0.1) is 17.5 Å². The molecule has 1 amide bonds. The number of hydrogen-bond acceptors (Lipinski definition) is 9. The van der Waals surface area contributed by atoms with Crippen molar-refractivity contribution in [2.45, 2.75) is 183 Å². The Morgan fingerprint density at radius 1 is 0.936 bits per heavy atom. The number of esters is 1. The Bertz CT molecular complexity index is 839. The van der Waals surface area contributed by atoms with E-state index in [1.54, 1.807) is 20.3 Å². The van der Waals surface area contributed by atoms with Crippen molar-refractivity contribution in [1.82, 2.24) is 10.6 Å². The molecule has 0 bridgehead atoms. The molecular formula is C36H67ClN2O7S. The van der Waals surface area contributed by atoms with Gasteiger partial charge in [0.25, 0.3) is 0 Å². The van der Waals surface area contributed by atoms with Crippen molar-refractivity contribution in [3.05, 3.63) is 0 Å². The zero-order valence-electron chi connectivity index (χ0n) is 29.8. The molecule has 2 heterocycles. The summed E-state index contributed by atoms with van der Waals surface area (Å²) in [6, 6.07) is -1.13. The summed E-state index contributed by atoms with van der Waals surface area (Å²) >= 11 is 7.84. The molecule has 2 aliphatic rings. The van der Waals surface area contributed by atoms with E-state index >= 15 is 0 Å². The molecule has 0 aromatic rings. The summed E-state index contributed by atoms with van der Waals surface area (Å²) in [5, 5.41) is 28.0. The molecule has 4 N–H and O–H groups in total. The van der Waals surface area contributed by atoms with E-state index in [4.69, 9.17) is 25.8 Å². The molecule has 0 saturated carbocycles. The van der Waals surface area contributed by atoms with Crippen molar-refractivity contribution in [1.29, 1.82) is 0 Å². The summed E-state index contributed by atoms with van der Waals surface area (Å²) in [6.45, 7) is 5.48. The molecule has 0 aromatic carbocycles. The van der Waals surface area contributed by atoms with Gasteiger partial charge in [-0.3, -0.25) is 9.59 Å². The largest absolute Gasteiger partial charge is 0.456 e. The van der Waals surface area contributed by atoms with Gasteiger partial charge in [-0.25, -0.2) is 0 Å². The highest BCUT2D eigenvalue weighted by Crippen LogP contribution is 2.33. The summed E-state index contributed by atoms with van der Waals surface area (Å²) in [6.07, 6.45) is 18.0. The lowest BCUT2D eigenvalue weighted by atomic mass is 9.92. The fraction of sp³-hybridized carbons (Fsp3) is 0.944. The lowest BCUT2D eigenvalue weighted by Crippen LogP contribution is -2.65. The summed E-state index contributed by atoms with van der Waals surface area (Å²) in [5.74, 6) is -0.0540. The maximum atomic E-state index is 13.4. The summed E-state index contributed by atoms with van der Waals surface area (Å²) in [7, 11) is 1.71. The number of rotatable bonds is 24. The van der Waals surface area contributed by atoms with Gasteiger partial charge in [-0.15, -0.1) is 23.4 Å². The molecule has 0 spiro atoms. The molecule has 2 fully saturated rings. The number of unbranched alkanes of at least 4 members (excludes halogenated alkanes) is 12. The predicted molar refractivity (Wildman–Crippen MR) is 192 cm³/mol. The molecule has 0 aliphatic carbocycles. The van der Waals surface area contributed by atoms with Crippen LogP contribution in [-0.2, 0) is 23.8 Å². The van der Waals surface area contributed by atoms with E-state index in [0.29, 0.717) is 12.3 Å². The molecule has 47 heavy (non-hydrogen) atoms. The second kappa shape index (κ2) is 25.3. The lowest BCUT2D eigenvalue weighted by Gasteiger charge is -2.45. The third kappa shape index (κ3) is 16.3. The van der Waals surface area contributed by atoms with Crippen molar-refractivity contribution in [2.75, 3.05) is 26.5 Å². The number of aliphatic hydroxyl groups excluding tert-OH is 2. The predicted octanol–water partition coefficient (Wildman–Crippen LogP) is 6.49. The first-order chi connectivity index (χ1) is 22.7. The second-order valence-electron chi connectivity index (χ2n) is 13.7. The summed E-state index contributed by atoms with van der Waals surface area (Å²) in [4.78, 5) is 26.1. The van der Waals surface area contributed by atoms with Crippen molar-refractivity contribution in [3.63, 3.8) is 0 Å². The summed E-state index contributed by atoms with van der Waals surface area (Å²) < 4.78 is 17.1. The third-order valence-corrected chi connectivity index (χ3v) is 10.9. The Morgan fingerprint density at radius 3 is 2.13 bits per heavy atom. The first-order valence-corrected chi connectivity index (χ1v) is 20.4. The van der Waals surface area contributed by atoms with Gasteiger partial charge < -0.3 is 35.1 Å². The number of nitrogens with one attached hydrogen (secondary N) is 2. The SMILES string of the molecule is CCCCCCCCCCCCCCCC(=O)O[C@@H]1[C@@H](O)[C@@H](O)C([C@H](NC(=O)[C@@H]2CC[C@H](CCCOC)CCN2)[C@H](C)Cl)O[C@@H]1SC. The van der Waals surface area contributed by atoms with Crippen molar-refractivity contribution >= 4 is 35.2 Å². The van der Waals surface area contributed by atoms with Crippen molar-refractivity contribution < 1.29 is 34.0 Å². The third-order valence-electron chi connectivity index (χ3n) is 9.81. The van der Waals surface area contributed by atoms with E-state index in [2.05, 4.69) is 17.6 Å². The first kappa shape index (κ1) is 42.5. The number of methoxy groups -OCH3 is 1.